The van der Waals surface area contributed by atoms with Gasteiger partial charge in [0.1, 0.15) is 6.07 Å². The van der Waals surface area contributed by atoms with Crippen molar-refractivity contribution in [2.75, 3.05) is 0 Å². The quantitative estimate of drug-likeness (QED) is 0.610. The summed E-state index contributed by atoms with van der Waals surface area (Å²) in [7, 11) is 0. The summed E-state index contributed by atoms with van der Waals surface area (Å²) in [5, 5.41) is 12.4. The summed E-state index contributed by atoms with van der Waals surface area (Å²) < 4.78 is 0. The summed E-state index contributed by atoms with van der Waals surface area (Å²) in [6.07, 6.45) is 4.92. The molecule has 17 heavy (non-hydrogen) atoms. The SMILES string of the molecule is CC1=CN=C(Cl)N/C1=C(\C#N)c1ccncc1. The van der Waals surface area contributed by atoms with Crippen molar-refractivity contribution in [1.29, 1.82) is 5.26 Å². The van der Waals surface area contributed by atoms with Gasteiger partial charge in [-0.3, -0.25) is 4.98 Å². The number of nitrogens with one attached hydrogen (secondary N) is 1. The first-order valence-corrected chi connectivity index (χ1v) is 5.32. The van der Waals surface area contributed by atoms with Gasteiger partial charge >= 0.3 is 0 Å². The second-order valence-corrected chi connectivity index (χ2v) is 3.81. The highest BCUT2D eigenvalue weighted by Crippen LogP contribution is 2.23. The van der Waals surface area contributed by atoms with Crippen LogP contribution in [0.15, 0.2) is 47.0 Å². The van der Waals surface area contributed by atoms with E-state index >= 15 is 0 Å². The van der Waals surface area contributed by atoms with Gasteiger partial charge in [0.2, 0.25) is 0 Å². The maximum Gasteiger partial charge on any atom is 0.200 e. The molecule has 1 aromatic heterocycles. The summed E-state index contributed by atoms with van der Waals surface area (Å²) in [5.74, 6) is 0. The third-order valence-electron chi connectivity index (χ3n) is 2.32. The molecule has 0 spiro atoms. The van der Waals surface area contributed by atoms with Crippen molar-refractivity contribution in [3.8, 4) is 6.07 Å². The molecular formula is C12H9ClN4. The molecule has 2 heterocycles. The molecule has 84 valence electrons. The summed E-state index contributed by atoms with van der Waals surface area (Å²) in [4.78, 5) is 7.85. The van der Waals surface area contributed by atoms with Crippen molar-refractivity contribution in [1.82, 2.24) is 10.3 Å². The maximum atomic E-state index is 9.26. The first-order chi connectivity index (χ1) is 8.22. The summed E-state index contributed by atoms with van der Waals surface area (Å²) >= 11 is 5.80. The summed E-state index contributed by atoms with van der Waals surface area (Å²) in [6, 6.07) is 5.73. The monoisotopic (exact) mass is 244 g/mol. The Labute approximate surface area is 104 Å². The molecule has 1 N–H and O–H groups in total. The molecular weight excluding hydrogens is 236 g/mol. The number of hydrogen-bond acceptors (Lipinski definition) is 4. The van der Waals surface area contributed by atoms with Crippen molar-refractivity contribution in [2.45, 2.75) is 6.92 Å². The number of aliphatic imine (C=N–C) groups is 1. The Balaban J connectivity index is 2.54. The lowest BCUT2D eigenvalue weighted by Gasteiger charge is -2.15. The molecule has 0 aliphatic carbocycles. The van der Waals surface area contributed by atoms with Crippen LogP contribution in [0.3, 0.4) is 0 Å². The van der Waals surface area contributed by atoms with E-state index in [1.165, 1.54) is 0 Å². The first-order valence-electron chi connectivity index (χ1n) is 4.94. The van der Waals surface area contributed by atoms with Crippen molar-refractivity contribution in [2.24, 2.45) is 4.99 Å². The Morgan fingerprint density at radius 2 is 2.12 bits per heavy atom. The van der Waals surface area contributed by atoms with Crippen molar-refractivity contribution in [3.63, 3.8) is 0 Å². The van der Waals surface area contributed by atoms with Gasteiger partial charge in [-0.15, -0.1) is 0 Å². The number of halogens is 1. The van der Waals surface area contributed by atoms with Crippen LogP contribution in [0.4, 0.5) is 0 Å². The maximum absolute atomic E-state index is 9.26. The van der Waals surface area contributed by atoms with Crippen LogP contribution in [0.2, 0.25) is 0 Å². The lowest BCUT2D eigenvalue weighted by Crippen LogP contribution is -2.22. The Bertz CT molecular complexity index is 564. The minimum absolute atomic E-state index is 0.257. The third-order valence-corrected chi connectivity index (χ3v) is 2.52. The van der Waals surface area contributed by atoms with E-state index in [0.717, 1.165) is 11.1 Å². The zero-order chi connectivity index (χ0) is 12.3. The van der Waals surface area contributed by atoms with E-state index in [4.69, 9.17) is 11.6 Å². The topological polar surface area (TPSA) is 61.1 Å². The predicted molar refractivity (Wildman–Crippen MR) is 67.0 cm³/mol. The van der Waals surface area contributed by atoms with Gasteiger partial charge < -0.3 is 5.32 Å². The molecule has 0 bridgehead atoms. The molecule has 0 aromatic carbocycles. The van der Waals surface area contributed by atoms with Gasteiger partial charge in [-0.1, -0.05) is 0 Å². The van der Waals surface area contributed by atoms with E-state index < -0.39 is 0 Å². The molecule has 0 saturated carbocycles. The standard InChI is InChI=1S/C12H9ClN4/c1-8-7-16-12(13)17-11(8)10(6-14)9-2-4-15-5-3-9/h2-5,7H,1H3,(H,16,17)/b11-10+. The van der Waals surface area contributed by atoms with Crippen LogP contribution in [-0.2, 0) is 0 Å². The number of allylic oxidation sites excluding steroid dienone is 2. The number of aromatic nitrogens is 1. The number of hydrogen-bond donors (Lipinski definition) is 1. The first kappa shape index (κ1) is 11.4. The molecule has 1 aliphatic rings. The fourth-order valence-corrected chi connectivity index (χ4v) is 1.64. The van der Waals surface area contributed by atoms with Gasteiger partial charge in [0.15, 0.2) is 5.29 Å². The van der Waals surface area contributed by atoms with Crippen molar-refractivity contribution >= 4 is 22.5 Å². The molecule has 0 amide bonds. The lowest BCUT2D eigenvalue weighted by molar-refractivity contribution is 1.10. The third kappa shape index (κ3) is 2.35. The summed E-state index contributed by atoms with van der Waals surface area (Å²) in [6.45, 7) is 1.87. The number of rotatable bonds is 1. The van der Waals surface area contributed by atoms with Crippen molar-refractivity contribution in [3.05, 3.63) is 47.6 Å². The van der Waals surface area contributed by atoms with Crippen LogP contribution in [0.1, 0.15) is 12.5 Å². The van der Waals surface area contributed by atoms with Gasteiger partial charge in [0.05, 0.1) is 11.3 Å². The average Bonchev–Trinajstić information content (AvgIpc) is 2.36. The molecule has 0 atom stereocenters. The second kappa shape index (κ2) is 4.81. The Kier molecular flexibility index (Phi) is 3.22. The molecule has 0 unspecified atom stereocenters. The molecule has 1 aromatic rings. The molecule has 2 rings (SSSR count). The van der Waals surface area contributed by atoms with Crippen LogP contribution in [-0.4, -0.2) is 10.3 Å². The summed E-state index contributed by atoms with van der Waals surface area (Å²) in [5.41, 5.74) is 2.86. The number of pyridine rings is 1. The van der Waals surface area contributed by atoms with Gasteiger partial charge in [-0.25, -0.2) is 4.99 Å². The smallest absolute Gasteiger partial charge is 0.200 e. The van der Waals surface area contributed by atoms with E-state index in [1.807, 2.05) is 6.92 Å². The largest absolute Gasteiger partial charge is 0.329 e. The molecule has 5 heteroatoms. The number of nitriles is 1. The average molecular weight is 245 g/mol. The predicted octanol–water partition coefficient (Wildman–Crippen LogP) is 2.42. The fourth-order valence-electron chi connectivity index (χ4n) is 1.50. The number of nitrogens with zero attached hydrogens (tertiary/aromatic N) is 3. The van der Waals surface area contributed by atoms with E-state index in [9.17, 15) is 5.26 Å². The highest BCUT2D eigenvalue weighted by atomic mass is 35.5. The molecule has 1 aliphatic heterocycles. The highest BCUT2D eigenvalue weighted by Gasteiger charge is 2.14. The van der Waals surface area contributed by atoms with E-state index in [-0.39, 0.29) is 5.29 Å². The van der Waals surface area contributed by atoms with E-state index in [1.54, 1.807) is 30.7 Å². The minimum atomic E-state index is 0.257. The van der Waals surface area contributed by atoms with Crippen LogP contribution >= 0.6 is 11.6 Å². The van der Waals surface area contributed by atoms with Crippen LogP contribution < -0.4 is 5.32 Å². The van der Waals surface area contributed by atoms with Crippen LogP contribution in [0, 0.1) is 11.3 Å². The highest BCUT2D eigenvalue weighted by molar-refractivity contribution is 6.65. The lowest BCUT2D eigenvalue weighted by atomic mass is 10.0. The fraction of sp³-hybridized carbons (Fsp3) is 0.0833. The normalized spacial score (nSPS) is 17.5. The Hall–Kier alpha value is -2.12. The zero-order valence-corrected chi connectivity index (χ0v) is 9.86. The van der Waals surface area contributed by atoms with Crippen molar-refractivity contribution < 1.29 is 0 Å². The van der Waals surface area contributed by atoms with E-state index in [0.29, 0.717) is 11.3 Å². The molecule has 0 fully saturated rings. The molecule has 4 nitrogen and oxygen atoms in total. The van der Waals surface area contributed by atoms with Crippen LogP contribution in [0.5, 0.6) is 0 Å². The molecule has 0 radical (unpaired) electrons. The van der Waals surface area contributed by atoms with Gasteiger partial charge in [-0.05, 0) is 41.8 Å². The van der Waals surface area contributed by atoms with Crippen LogP contribution in [0.25, 0.3) is 5.57 Å². The zero-order valence-electron chi connectivity index (χ0n) is 9.11. The number of amidine groups is 1. The Morgan fingerprint density at radius 3 is 2.76 bits per heavy atom. The Morgan fingerprint density at radius 1 is 1.41 bits per heavy atom. The van der Waals surface area contributed by atoms with E-state index in [2.05, 4.69) is 21.4 Å². The van der Waals surface area contributed by atoms with Gasteiger partial charge in [-0.2, -0.15) is 5.26 Å². The minimum Gasteiger partial charge on any atom is -0.329 e. The molecule has 0 saturated heterocycles. The second-order valence-electron chi connectivity index (χ2n) is 3.45. The van der Waals surface area contributed by atoms with Gasteiger partial charge in [0.25, 0.3) is 0 Å². The van der Waals surface area contributed by atoms with Gasteiger partial charge in [0, 0.05) is 18.6 Å².